The van der Waals surface area contributed by atoms with Gasteiger partial charge in [0, 0.05) is 6.54 Å². The molecule has 25 heavy (non-hydrogen) atoms. The van der Waals surface area contributed by atoms with Crippen molar-refractivity contribution in [3.05, 3.63) is 59.7 Å². The van der Waals surface area contributed by atoms with Crippen LogP contribution >= 0.6 is 0 Å². The van der Waals surface area contributed by atoms with E-state index in [1.807, 2.05) is 36.4 Å². The molecule has 5 heteroatoms. The SMILES string of the molecule is CCCCOc1cc(CN[C@H](C(=O)O)c2ccccc2)ccc1OC. The highest BCUT2D eigenvalue weighted by molar-refractivity contribution is 5.75. The number of methoxy groups -OCH3 is 1. The van der Waals surface area contributed by atoms with Crippen LogP contribution in [-0.2, 0) is 11.3 Å². The molecule has 0 saturated carbocycles. The second-order valence-corrected chi connectivity index (χ2v) is 5.75. The zero-order valence-corrected chi connectivity index (χ0v) is 14.7. The van der Waals surface area contributed by atoms with Gasteiger partial charge in [-0.15, -0.1) is 0 Å². The van der Waals surface area contributed by atoms with E-state index >= 15 is 0 Å². The van der Waals surface area contributed by atoms with E-state index in [1.165, 1.54) is 0 Å². The smallest absolute Gasteiger partial charge is 0.325 e. The number of unbranched alkanes of at least 4 members (excludes halogenated alkanes) is 1. The summed E-state index contributed by atoms with van der Waals surface area (Å²) in [5, 5.41) is 12.6. The number of nitrogens with one attached hydrogen (secondary N) is 1. The molecule has 0 aliphatic heterocycles. The number of rotatable bonds is 10. The van der Waals surface area contributed by atoms with Crippen molar-refractivity contribution in [1.29, 1.82) is 0 Å². The summed E-state index contributed by atoms with van der Waals surface area (Å²) in [6.07, 6.45) is 2.03. The van der Waals surface area contributed by atoms with Crippen LogP contribution in [0.3, 0.4) is 0 Å². The van der Waals surface area contributed by atoms with E-state index in [9.17, 15) is 9.90 Å². The molecule has 0 fully saturated rings. The van der Waals surface area contributed by atoms with Crippen molar-refractivity contribution in [2.45, 2.75) is 32.4 Å². The van der Waals surface area contributed by atoms with Crippen molar-refractivity contribution in [2.24, 2.45) is 0 Å². The average molecular weight is 343 g/mol. The van der Waals surface area contributed by atoms with Gasteiger partial charge in [0.1, 0.15) is 6.04 Å². The van der Waals surface area contributed by atoms with Crippen LogP contribution in [0.4, 0.5) is 0 Å². The maximum atomic E-state index is 11.6. The fourth-order valence-corrected chi connectivity index (χ4v) is 2.48. The van der Waals surface area contributed by atoms with Gasteiger partial charge in [0.25, 0.3) is 0 Å². The van der Waals surface area contributed by atoms with Gasteiger partial charge in [-0.1, -0.05) is 49.7 Å². The molecule has 0 aliphatic carbocycles. The normalized spacial score (nSPS) is 11.8. The largest absolute Gasteiger partial charge is 0.493 e. The van der Waals surface area contributed by atoms with Gasteiger partial charge in [-0.25, -0.2) is 0 Å². The molecule has 2 aromatic rings. The molecule has 134 valence electrons. The standard InChI is InChI=1S/C20H25NO4/c1-3-4-12-25-18-13-15(10-11-17(18)24-2)14-21-19(20(22)23)16-8-6-5-7-9-16/h5-11,13,19,21H,3-4,12,14H2,1-2H3,(H,22,23)/t19-/m0/s1. The van der Waals surface area contributed by atoms with E-state index in [2.05, 4.69) is 12.2 Å². The molecule has 0 saturated heterocycles. The molecular formula is C20H25NO4. The molecule has 5 nitrogen and oxygen atoms in total. The first-order chi connectivity index (χ1) is 12.2. The van der Waals surface area contributed by atoms with Crippen molar-refractivity contribution in [1.82, 2.24) is 5.32 Å². The van der Waals surface area contributed by atoms with Crippen molar-refractivity contribution in [3.63, 3.8) is 0 Å². The predicted octanol–water partition coefficient (Wildman–Crippen LogP) is 3.79. The van der Waals surface area contributed by atoms with Gasteiger partial charge in [-0.3, -0.25) is 10.1 Å². The highest BCUT2D eigenvalue weighted by Gasteiger charge is 2.19. The van der Waals surface area contributed by atoms with Gasteiger partial charge in [0.15, 0.2) is 11.5 Å². The number of ether oxygens (including phenoxy) is 2. The molecule has 2 N–H and O–H groups in total. The van der Waals surface area contributed by atoms with Crippen molar-refractivity contribution in [2.75, 3.05) is 13.7 Å². The third-order valence-corrected chi connectivity index (χ3v) is 3.87. The number of benzene rings is 2. The van der Waals surface area contributed by atoms with Gasteiger partial charge in [0.2, 0.25) is 0 Å². The monoisotopic (exact) mass is 343 g/mol. The van der Waals surface area contributed by atoms with Crippen LogP contribution in [0.1, 0.15) is 36.9 Å². The lowest BCUT2D eigenvalue weighted by atomic mass is 10.1. The Kier molecular flexibility index (Phi) is 7.29. The van der Waals surface area contributed by atoms with E-state index < -0.39 is 12.0 Å². The van der Waals surface area contributed by atoms with Gasteiger partial charge in [-0.05, 0) is 29.7 Å². The number of carbonyl (C=O) groups is 1. The summed E-state index contributed by atoms with van der Waals surface area (Å²) in [5.74, 6) is 0.457. The Morgan fingerprint density at radius 2 is 1.92 bits per heavy atom. The number of carboxylic acid groups (broad SMARTS) is 1. The molecule has 2 rings (SSSR count). The fourth-order valence-electron chi connectivity index (χ4n) is 2.48. The Bertz CT molecular complexity index is 673. The summed E-state index contributed by atoms with van der Waals surface area (Å²) in [5.41, 5.74) is 1.66. The Morgan fingerprint density at radius 3 is 2.56 bits per heavy atom. The average Bonchev–Trinajstić information content (AvgIpc) is 2.63. The summed E-state index contributed by atoms with van der Waals surface area (Å²) < 4.78 is 11.1. The van der Waals surface area contributed by atoms with Crippen LogP contribution in [0.25, 0.3) is 0 Å². The summed E-state index contributed by atoms with van der Waals surface area (Å²) in [6, 6.07) is 14.0. The summed E-state index contributed by atoms with van der Waals surface area (Å²) in [7, 11) is 1.61. The van der Waals surface area contributed by atoms with E-state index in [0.717, 1.165) is 24.0 Å². The third kappa shape index (κ3) is 5.50. The van der Waals surface area contributed by atoms with E-state index in [-0.39, 0.29) is 0 Å². The molecule has 0 heterocycles. The van der Waals surface area contributed by atoms with E-state index in [4.69, 9.17) is 9.47 Å². The van der Waals surface area contributed by atoms with Crippen LogP contribution in [-0.4, -0.2) is 24.8 Å². The molecule has 0 spiro atoms. The summed E-state index contributed by atoms with van der Waals surface area (Å²) in [4.78, 5) is 11.6. The van der Waals surface area contributed by atoms with Gasteiger partial charge < -0.3 is 14.6 Å². The zero-order valence-electron chi connectivity index (χ0n) is 14.7. The molecule has 0 bridgehead atoms. The van der Waals surface area contributed by atoms with Crippen LogP contribution in [0.5, 0.6) is 11.5 Å². The highest BCUT2D eigenvalue weighted by atomic mass is 16.5. The number of hydrogen-bond donors (Lipinski definition) is 2. The van der Waals surface area contributed by atoms with Crippen molar-refractivity contribution in [3.8, 4) is 11.5 Å². The summed E-state index contributed by atoms with van der Waals surface area (Å²) in [6.45, 7) is 3.15. The molecule has 2 aromatic carbocycles. The number of hydrogen-bond acceptors (Lipinski definition) is 4. The first kappa shape index (κ1) is 18.8. The van der Waals surface area contributed by atoms with Crippen molar-refractivity contribution < 1.29 is 19.4 Å². The lowest BCUT2D eigenvalue weighted by molar-refractivity contribution is -0.139. The predicted molar refractivity (Wildman–Crippen MR) is 97.1 cm³/mol. The second-order valence-electron chi connectivity index (χ2n) is 5.75. The topological polar surface area (TPSA) is 67.8 Å². The van der Waals surface area contributed by atoms with Crippen LogP contribution in [0.15, 0.2) is 48.5 Å². The maximum Gasteiger partial charge on any atom is 0.325 e. The lowest BCUT2D eigenvalue weighted by Crippen LogP contribution is -2.28. The van der Waals surface area contributed by atoms with Gasteiger partial charge in [0.05, 0.1) is 13.7 Å². The van der Waals surface area contributed by atoms with Gasteiger partial charge >= 0.3 is 5.97 Å². The van der Waals surface area contributed by atoms with Crippen LogP contribution in [0, 0.1) is 0 Å². The minimum atomic E-state index is -0.904. The maximum absolute atomic E-state index is 11.6. The molecule has 1 atom stereocenters. The molecule has 0 unspecified atom stereocenters. The molecule has 0 amide bonds. The third-order valence-electron chi connectivity index (χ3n) is 3.87. The Morgan fingerprint density at radius 1 is 1.16 bits per heavy atom. The number of aliphatic carboxylic acids is 1. The van der Waals surface area contributed by atoms with E-state index in [0.29, 0.717) is 24.7 Å². The molecular weight excluding hydrogens is 318 g/mol. The first-order valence-corrected chi connectivity index (χ1v) is 8.46. The molecule has 0 radical (unpaired) electrons. The van der Waals surface area contributed by atoms with Crippen LogP contribution in [0.2, 0.25) is 0 Å². The first-order valence-electron chi connectivity index (χ1n) is 8.46. The second kappa shape index (κ2) is 9.69. The Labute approximate surface area is 148 Å². The summed E-state index contributed by atoms with van der Waals surface area (Å²) >= 11 is 0. The van der Waals surface area contributed by atoms with Crippen LogP contribution < -0.4 is 14.8 Å². The quantitative estimate of drug-likeness (QED) is 0.643. The minimum absolute atomic E-state index is 0.417. The highest BCUT2D eigenvalue weighted by Crippen LogP contribution is 2.28. The Hall–Kier alpha value is -2.53. The molecule has 0 aliphatic rings. The zero-order chi connectivity index (χ0) is 18.1. The number of carboxylic acids is 1. The molecule has 0 aromatic heterocycles. The van der Waals surface area contributed by atoms with E-state index in [1.54, 1.807) is 19.2 Å². The fraction of sp³-hybridized carbons (Fsp3) is 0.350. The Balaban J connectivity index is 2.08. The van der Waals surface area contributed by atoms with Gasteiger partial charge in [-0.2, -0.15) is 0 Å². The van der Waals surface area contributed by atoms with Crippen molar-refractivity contribution >= 4 is 5.97 Å². The lowest BCUT2D eigenvalue weighted by Gasteiger charge is -2.16. The minimum Gasteiger partial charge on any atom is -0.493 e.